The van der Waals surface area contributed by atoms with Gasteiger partial charge in [-0.15, -0.1) is 6.58 Å². The molecule has 1 spiro atoms. The first kappa shape index (κ1) is 18.7. The lowest BCUT2D eigenvalue weighted by atomic mass is 9.90. The SMILES string of the molecule is C=CCn1cc(CN2CCC3(CC2)Nc2cc(Cl)ccc2C2=NCCN23)c(C)n1. The second-order valence-electron chi connectivity index (χ2n) is 8.23. The first-order valence-electron chi connectivity index (χ1n) is 10.3. The third-order valence-corrected chi connectivity index (χ3v) is 6.62. The molecule has 152 valence electrons. The monoisotopic (exact) mass is 410 g/mol. The first-order chi connectivity index (χ1) is 14.1. The van der Waals surface area contributed by atoms with Gasteiger partial charge >= 0.3 is 0 Å². The molecule has 5 rings (SSSR count). The molecule has 6 nitrogen and oxygen atoms in total. The average molecular weight is 411 g/mol. The second-order valence-corrected chi connectivity index (χ2v) is 8.67. The fraction of sp³-hybridized carbons (Fsp3) is 0.455. The summed E-state index contributed by atoms with van der Waals surface area (Å²) < 4.78 is 1.97. The highest BCUT2D eigenvalue weighted by Crippen LogP contribution is 2.40. The van der Waals surface area contributed by atoms with Crippen molar-refractivity contribution >= 4 is 23.1 Å². The fourth-order valence-electron chi connectivity index (χ4n) is 4.88. The minimum atomic E-state index is -0.0639. The van der Waals surface area contributed by atoms with E-state index in [9.17, 15) is 0 Å². The highest BCUT2D eigenvalue weighted by molar-refractivity contribution is 6.31. The Labute approximate surface area is 176 Å². The number of hydrogen-bond acceptors (Lipinski definition) is 5. The number of aliphatic imine (C=N–C) groups is 1. The smallest absolute Gasteiger partial charge is 0.134 e. The van der Waals surface area contributed by atoms with Gasteiger partial charge in [0.2, 0.25) is 0 Å². The quantitative estimate of drug-likeness (QED) is 0.783. The standard InChI is InChI=1S/C22H27ClN6/c1-3-9-28-15-17(16(2)26-28)14-27-10-6-22(7-11-27)25-20-13-18(23)4-5-19(20)21-24-8-12-29(21)22/h3-5,13,15,25H,1,6-12,14H2,2H3. The third kappa shape index (κ3) is 3.24. The number of allylic oxidation sites excluding steroid dienone is 1. The van der Waals surface area contributed by atoms with E-state index in [0.29, 0.717) is 0 Å². The van der Waals surface area contributed by atoms with Crippen molar-refractivity contribution in [1.29, 1.82) is 0 Å². The predicted molar refractivity (Wildman–Crippen MR) is 118 cm³/mol. The number of nitrogens with zero attached hydrogens (tertiary/aromatic N) is 5. The summed E-state index contributed by atoms with van der Waals surface area (Å²) >= 11 is 6.28. The topological polar surface area (TPSA) is 48.7 Å². The number of fused-ring (bicyclic) bond motifs is 4. The number of likely N-dealkylation sites (tertiary alicyclic amines) is 1. The molecule has 7 heteroatoms. The van der Waals surface area contributed by atoms with Crippen LogP contribution < -0.4 is 5.32 Å². The van der Waals surface area contributed by atoms with Crippen molar-refractivity contribution in [3.05, 3.63) is 58.9 Å². The predicted octanol–water partition coefficient (Wildman–Crippen LogP) is 3.51. The van der Waals surface area contributed by atoms with Crippen LogP contribution in [0.5, 0.6) is 0 Å². The van der Waals surface area contributed by atoms with Crippen molar-refractivity contribution in [2.75, 3.05) is 31.5 Å². The molecule has 3 aliphatic heterocycles. The van der Waals surface area contributed by atoms with Crippen molar-refractivity contribution in [2.24, 2.45) is 4.99 Å². The maximum Gasteiger partial charge on any atom is 0.134 e. The summed E-state index contributed by atoms with van der Waals surface area (Å²) in [6.07, 6.45) is 6.15. The van der Waals surface area contributed by atoms with Crippen LogP contribution in [0.3, 0.4) is 0 Å². The normalized spacial score (nSPS) is 20.2. The molecule has 0 radical (unpaired) electrons. The van der Waals surface area contributed by atoms with Crippen molar-refractivity contribution in [3.8, 4) is 0 Å². The number of aryl methyl sites for hydroxylation is 1. The lowest BCUT2D eigenvalue weighted by Gasteiger charge is -2.52. The number of rotatable bonds is 4. The molecule has 2 aromatic rings. The molecule has 1 aromatic heterocycles. The zero-order chi connectivity index (χ0) is 20.0. The molecule has 1 aromatic carbocycles. The van der Waals surface area contributed by atoms with E-state index in [0.717, 1.165) is 74.3 Å². The van der Waals surface area contributed by atoms with Crippen LogP contribution in [-0.2, 0) is 13.1 Å². The molecule has 4 heterocycles. The van der Waals surface area contributed by atoms with Crippen LogP contribution in [-0.4, -0.2) is 57.3 Å². The molecule has 1 N–H and O–H groups in total. The highest BCUT2D eigenvalue weighted by Gasteiger charge is 2.46. The van der Waals surface area contributed by atoms with Gasteiger partial charge < -0.3 is 10.2 Å². The van der Waals surface area contributed by atoms with E-state index in [-0.39, 0.29) is 5.66 Å². The van der Waals surface area contributed by atoms with Crippen LogP contribution in [0.4, 0.5) is 5.69 Å². The van der Waals surface area contributed by atoms with Crippen LogP contribution in [0.1, 0.15) is 29.7 Å². The molecular weight excluding hydrogens is 384 g/mol. The van der Waals surface area contributed by atoms with E-state index in [4.69, 9.17) is 16.6 Å². The Morgan fingerprint density at radius 3 is 2.90 bits per heavy atom. The Bertz CT molecular complexity index is 970. The first-order valence-corrected chi connectivity index (χ1v) is 10.7. The Hall–Kier alpha value is -2.31. The van der Waals surface area contributed by atoms with Crippen LogP contribution in [0.15, 0.2) is 42.0 Å². The number of anilines is 1. The largest absolute Gasteiger partial charge is 0.362 e. The summed E-state index contributed by atoms with van der Waals surface area (Å²) in [5, 5.41) is 9.21. The van der Waals surface area contributed by atoms with Crippen molar-refractivity contribution in [3.63, 3.8) is 0 Å². The number of halogens is 1. The zero-order valence-corrected chi connectivity index (χ0v) is 17.6. The number of benzene rings is 1. The molecule has 1 fully saturated rings. The van der Waals surface area contributed by atoms with Crippen LogP contribution in [0, 0.1) is 6.92 Å². The Kier molecular flexibility index (Phi) is 4.63. The van der Waals surface area contributed by atoms with Gasteiger partial charge in [-0.3, -0.25) is 14.6 Å². The minimum absolute atomic E-state index is 0.0639. The van der Waals surface area contributed by atoms with Gasteiger partial charge in [0.25, 0.3) is 0 Å². The summed E-state index contributed by atoms with van der Waals surface area (Å²) in [5.74, 6) is 1.13. The van der Waals surface area contributed by atoms with Crippen LogP contribution in [0.2, 0.25) is 5.02 Å². The Morgan fingerprint density at radius 1 is 1.28 bits per heavy atom. The van der Waals surface area contributed by atoms with E-state index in [1.165, 1.54) is 11.1 Å². The average Bonchev–Trinajstić information content (AvgIpc) is 3.32. The summed E-state index contributed by atoms with van der Waals surface area (Å²) in [5.41, 5.74) is 4.64. The molecular formula is C22H27ClN6. The molecule has 29 heavy (non-hydrogen) atoms. The van der Waals surface area contributed by atoms with E-state index < -0.39 is 0 Å². The number of piperidine rings is 1. The van der Waals surface area contributed by atoms with Crippen molar-refractivity contribution in [1.82, 2.24) is 19.6 Å². The van der Waals surface area contributed by atoms with Gasteiger partial charge in [0, 0.05) is 67.1 Å². The van der Waals surface area contributed by atoms with E-state index in [1.807, 2.05) is 22.9 Å². The summed E-state index contributed by atoms with van der Waals surface area (Å²) in [7, 11) is 0. The molecule has 1 saturated heterocycles. The lowest BCUT2D eigenvalue weighted by molar-refractivity contribution is 0.0895. The molecule has 3 aliphatic rings. The van der Waals surface area contributed by atoms with E-state index in [1.54, 1.807) is 0 Å². The fourth-order valence-corrected chi connectivity index (χ4v) is 5.06. The van der Waals surface area contributed by atoms with Crippen molar-refractivity contribution in [2.45, 2.75) is 38.5 Å². The number of amidine groups is 1. The molecule has 0 unspecified atom stereocenters. The van der Waals surface area contributed by atoms with Gasteiger partial charge in [0.05, 0.1) is 18.8 Å². The lowest BCUT2D eigenvalue weighted by Crippen LogP contribution is -2.63. The Morgan fingerprint density at radius 2 is 2.10 bits per heavy atom. The van der Waals surface area contributed by atoms with Gasteiger partial charge in [0.1, 0.15) is 11.5 Å². The molecule has 0 atom stereocenters. The molecule has 0 amide bonds. The number of aromatic nitrogens is 2. The maximum absolute atomic E-state index is 6.28. The van der Waals surface area contributed by atoms with Gasteiger partial charge in [-0.25, -0.2) is 0 Å². The van der Waals surface area contributed by atoms with Gasteiger partial charge in [0.15, 0.2) is 0 Å². The molecule has 0 saturated carbocycles. The van der Waals surface area contributed by atoms with Gasteiger partial charge in [-0.05, 0) is 25.1 Å². The zero-order valence-electron chi connectivity index (χ0n) is 16.9. The van der Waals surface area contributed by atoms with E-state index >= 15 is 0 Å². The molecule has 0 bridgehead atoms. The third-order valence-electron chi connectivity index (χ3n) is 6.39. The summed E-state index contributed by atoms with van der Waals surface area (Å²) in [6.45, 7) is 11.5. The number of hydrogen-bond donors (Lipinski definition) is 1. The molecule has 0 aliphatic carbocycles. The number of nitrogens with one attached hydrogen (secondary N) is 1. The summed E-state index contributed by atoms with van der Waals surface area (Å²) in [4.78, 5) is 9.85. The van der Waals surface area contributed by atoms with Gasteiger partial charge in [-0.1, -0.05) is 17.7 Å². The van der Waals surface area contributed by atoms with Gasteiger partial charge in [-0.2, -0.15) is 5.10 Å². The maximum atomic E-state index is 6.28. The summed E-state index contributed by atoms with van der Waals surface area (Å²) in [6, 6.07) is 6.09. The second kappa shape index (κ2) is 7.18. The van der Waals surface area contributed by atoms with Crippen molar-refractivity contribution < 1.29 is 0 Å². The minimum Gasteiger partial charge on any atom is -0.362 e. The van der Waals surface area contributed by atoms with Crippen LogP contribution >= 0.6 is 11.6 Å². The van der Waals surface area contributed by atoms with Crippen LogP contribution in [0.25, 0.3) is 0 Å². The Balaban J connectivity index is 1.33. The highest BCUT2D eigenvalue weighted by atomic mass is 35.5. The van der Waals surface area contributed by atoms with E-state index in [2.05, 4.69) is 46.0 Å².